The zero-order valence-corrected chi connectivity index (χ0v) is 14.8. The number of rotatable bonds is 5. The number of hydrogen-bond acceptors (Lipinski definition) is 6. The number of fused-ring (bicyclic) bond motifs is 2. The molecule has 0 fully saturated rings. The van der Waals surface area contributed by atoms with E-state index in [1.165, 1.54) is 6.07 Å². The van der Waals surface area contributed by atoms with Gasteiger partial charge in [-0.05, 0) is 36.4 Å². The molecule has 6 heteroatoms. The van der Waals surface area contributed by atoms with Gasteiger partial charge in [0.05, 0.1) is 23.4 Å². The van der Waals surface area contributed by atoms with E-state index in [0.717, 1.165) is 0 Å². The number of aliphatic hydroxyl groups excluding tert-OH is 1. The quantitative estimate of drug-likeness (QED) is 0.463. The van der Waals surface area contributed by atoms with Crippen LogP contribution in [0.1, 0.15) is 31.8 Å². The molecule has 0 aromatic heterocycles. The Balaban J connectivity index is 1.72. The van der Waals surface area contributed by atoms with Crippen LogP contribution in [0.5, 0.6) is 11.5 Å². The first-order chi connectivity index (χ1) is 13.6. The van der Waals surface area contributed by atoms with E-state index < -0.39 is 0 Å². The number of phenolic OH excluding ortho intramolecular Hbond substituents is 1. The van der Waals surface area contributed by atoms with Crippen molar-refractivity contribution in [1.82, 2.24) is 0 Å². The molecule has 140 valence electrons. The van der Waals surface area contributed by atoms with Gasteiger partial charge in [-0.3, -0.25) is 9.59 Å². The minimum atomic E-state index is -0.376. The Morgan fingerprint density at radius 3 is 2.11 bits per heavy atom. The molecule has 4 rings (SSSR count). The summed E-state index contributed by atoms with van der Waals surface area (Å²) >= 11 is 0. The molecule has 0 aliphatic heterocycles. The monoisotopic (exact) mass is 375 g/mol. The minimum absolute atomic E-state index is 0.0107. The largest absolute Gasteiger partial charge is 0.507 e. The molecular formula is C22H17NO5. The number of aliphatic hydroxyl groups is 1. The van der Waals surface area contributed by atoms with Gasteiger partial charge in [0.1, 0.15) is 18.1 Å². The van der Waals surface area contributed by atoms with E-state index in [1.807, 2.05) is 0 Å². The average Bonchev–Trinajstić information content (AvgIpc) is 2.72. The van der Waals surface area contributed by atoms with Crippen LogP contribution in [0.4, 0.5) is 11.4 Å². The number of ether oxygens (including phenoxy) is 1. The summed E-state index contributed by atoms with van der Waals surface area (Å²) in [5.74, 6) is -0.306. The number of benzene rings is 3. The Bertz CT molecular complexity index is 1070. The van der Waals surface area contributed by atoms with E-state index in [9.17, 15) is 14.7 Å². The Morgan fingerprint density at radius 1 is 0.821 bits per heavy atom. The van der Waals surface area contributed by atoms with E-state index in [1.54, 1.807) is 54.6 Å². The van der Waals surface area contributed by atoms with E-state index in [4.69, 9.17) is 9.84 Å². The van der Waals surface area contributed by atoms with Crippen LogP contribution in [0.3, 0.4) is 0 Å². The van der Waals surface area contributed by atoms with Crippen LogP contribution in [0.2, 0.25) is 0 Å². The highest BCUT2D eigenvalue weighted by Gasteiger charge is 2.33. The Kier molecular flexibility index (Phi) is 4.55. The number of carbonyl (C=O) groups is 2. The van der Waals surface area contributed by atoms with Crippen molar-refractivity contribution in [3.05, 3.63) is 82.9 Å². The summed E-state index contributed by atoms with van der Waals surface area (Å²) in [7, 11) is 0. The highest BCUT2D eigenvalue weighted by molar-refractivity contribution is 6.31. The van der Waals surface area contributed by atoms with Gasteiger partial charge < -0.3 is 20.3 Å². The van der Waals surface area contributed by atoms with Gasteiger partial charge in [0.25, 0.3) is 0 Å². The third-order valence-electron chi connectivity index (χ3n) is 4.55. The predicted octanol–water partition coefficient (Wildman–Crippen LogP) is 3.28. The van der Waals surface area contributed by atoms with Crippen molar-refractivity contribution in [2.45, 2.75) is 0 Å². The number of hydrogen-bond donors (Lipinski definition) is 3. The summed E-state index contributed by atoms with van der Waals surface area (Å²) in [6.07, 6.45) is 0. The average molecular weight is 375 g/mol. The van der Waals surface area contributed by atoms with Crippen LogP contribution in [0, 0.1) is 0 Å². The van der Waals surface area contributed by atoms with Crippen LogP contribution in [-0.4, -0.2) is 35.0 Å². The molecule has 0 spiro atoms. The Hall–Kier alpha value is -3.64. The third-order valence-corrected chi connectivity index (χ3v) is 4.55. The lowest BCUT2D eigenvalue weighted by molar-refractivity contribution is 0.0977. The number of ketones is 2. The summed E-state index contributed by atoms with van der Waals surface area (Å²) in [5.41, 5.74) is 1.90. The number of anilines is 2. The SMILES string of the molecule is O=C1c2ccccc2C(=O)c2c(Nc3ccc(OCCO)cc3)ccc(O)c21. The Labute approximate surface area is 161 Å². The molecule has 3 aromatic carbocycles. The maximum absolute atomic E-state index is 13.0. The van der Waals surface area contributed by atoms with Gasteiger partial charge in [0.15, 0.2) is 11.6 Å². The van der Waals surface area contributed by atoms with Crippen molar-refractivity contribution >= 4 is 22.9 Å². The van der Waals surface area contributed by atoms with Gasteiger partial charge in [0, 0.05) is 16.8 Å². The van der Waals surface area contributed by atoms with E-state index in [-0.39, 0.29) is 47.2 Å². The summed E-state index contributed by atoms with van der Waals surface area (Å²) in [5, 5.41) is 22.2. The first kappa shape index (κ1) is 17.8. The van der Waals surface area contributed by atoms with Gasteiger partial charge in [-0.15, -0.1) is 0 Å². The highest BCUT2D eigenvalue weighted by Crippen LogP contribution is 2.38. The van der Waals surface area contributed by atoms with Gasteiger partial charge in [0.2, 0.25) is 0 Å². The first-order valence-electron chi connectivity index (χ1n) is 8.75. The van der Waals surface area contributed by atoms with Gasteiger partial charge in [-0.2, -0.15) is 0 Å². The summed E-state index contributed by atoms with van der Waals surface area (Å²) in [6.45, 7) is 0.130. The van der Waals surface area contributed by atoms with Crippen molar-refractivity contribution in [1.29, 1.82) is 0 Å². The second-order valence-electron chi connectivity index (χ2n) is 6.31. The van der Waals surface area contributed by atoms with Crippen molar-refractivity contribution in [3.8, 4) is 11.5 Å². The highest BCUT2D eigenvalue weighted by atomic mass is 16.5. The van der Waals surface area contributed by atoms with Crippen LogP contribution in [-0.2, 0) is 0 Å². The molecule has 0 atom stereocenters. The van der Waals surface area contributed by atoms with E-state index in [2.05, 4.69) is 5.32 Å². The van der Waals surface area contributed by atoms with Crippen molar-refractivity contribution < 1.29 is 24.5 Å². The Morgan fingerprint density at radius 2 is 1.46 bits per heavy atom. The molecule has 0 saturated heterocycles. The summed E-state index contributed by atoms with van der Waals surface area (Å²) in [4.78, 5) is 25.9. The molecule has 0 heterocycles. The van der Waals surface area contributed by atoms with Crippen LogP contribution in [0.25, 0.3) is 0 Å². The number of carbonyl (C=O) groups excluding carboxylic acids is 2. The van der Waals surface area contributed by atoms with Gasteiger partial charge in [-0.1, -0.05) is 24.3 Å². The number of aromatic hydroxyl groups is 1. The summed E-state index contributed by atoms with van der Waals surface area (Å²) in [6, 6.07) is 16.5. The van der Waals surface area contributed by atoms with Gasteiger partial charge >= 0.3 is 0 Å². The molecule has 1 aliphatic rings. The smallest absolute Gasteiger partial charge is 0.198 e. The molecule has 6 nitrogen and oxygen atoms in total. The maximum atomic E-state index is 13.0. The van der Waals surface area contributed by atoms with E-state index >= 15 is 0 Å². The second-order valence-corrected chi connectivity index (χ2v) is 6.31. The fraction of sp³-hybridized carbons (Fsp3) is 0.0909. The zero-order valence-electron chi connectivity index (χ0n) is 14.8. The fourth-order valence-electron chi connectivity index (χ4n) is 3.26. The van der Waals surface area contributed by atoms with Crippen LogP contribution >= 0.6 is 0 Å². The minimum Gasteiger partial charge on any atom is -0.507 e. The second kappa shape index (κ2) is 7.17. The molecule has 0 bridgehead atoms. The number of nitrogens with one attached hydrogen (secondary N) is 1. The predicted molar refractivity (Wildman–Crippen MR) is 104 cm³/mol. The van der Waals surface area contributed by atoms with Gasteiger partial charge in [-0.25, -0.2) is 0 Å². The van der Waals surface area contributed by atoms with E-state index in [0.29, 0.717) is 22.7 Å². The summed E-state index contributed by atoms with van der Waals surface area (Å²) < 4.78 is 5.33. The first-order valence-corrected chi connectivity index (χ1v) is 8.75. The molecule has 3 aromatic rings. The molecule has 0 unspecified atom stereocenters. The molecular weight excluding hydrogens is 358 g/mol. The number of phenols is 1. The normalized spacial score (nSPS) is 12.3. The van der Waals surface area contributed by atoms with Crippen LogP contribution < -0.4 is 10.1 Å². The lowest BCUT2D eigenvalue weighted by Crippen LogP contribution is -2.22. The molecule has 0 amide bonds. The molecule has 1 aliphatic carbocycles. The fourth-order valence-corrected chi connectivity index (χ4v) is 3.26. The maximum Gasteiger partial charge on any atom is 0.198 e. The standard InChI is InChI=1S/C22H17NO5/c24-11-12-28-14-7-5-13(6-8-14)23-17-9-10-18(25)20-19(17)21(26)15-3-1-2-4-16(15)22(20)27/h1-10,23-25H,11-12H2. The zero-order chi connectivity index (χ0) is 19.7. The molecule has 0 saturated carbocycles. The third kappa shape index (κ3) is 3.00. The lowest BCUT2D eigenvalue weighted by Gasteiger charge is -2.21. The molecule has 0 radical (unpaired) electrons. The molecule has 28 heavy (non-hydrogen) atoms. The molecule has 3 N–H and O–H groups in total. The lowest BCUT2D eigenvalue weighted by atomic mass is 9.82. The van der Waals surface area contributed by atoms with Crippen LogP contribution in [0.15, 0.2) is 60.7 Å². The topological polar surface area (TPSA) is 95.9 Å². The van der Waals surface area contributed by atoms with Crippen molar-refractivity contribution in [2.24, 2.45) is 0 Å². The van der Waals surface area contributed by atoms with Crippen molar-refractivity contribution in [2.75, 3.05) is 18.5 Å². The van der Waals surface area contributed by atoms with Crippen molar-refractivity contribution in [3.63, 3.8) is 0 Å².